The van der Waals surface area contributed by atoms with Crippen LogP contribution in [0.4, 0.5) is 10.1 Å². The summed E-state index contributed by atoms with van der Waals surface area (Å²) in [6, 6.07) is 19.2. The summed E-state index contributed by atoms with van der Waals surface area (Å²) in [7, 11) is -4.15. The van der Waals surface area contributed by atoms with E-state index in [4.69, 9.17) is 0 Å². The van der Waals surface area contributed by atoms with Gasteiger partial charge in [-0.1, -0.05) is 59.3 Å². The van der Waals surface area contributed by atoms with Crippen LogP contribution in [0, 0.1) is 5.82 Å². The Morgan fingerprint density at radius 3 is 2.16 bits per heavy atom. The van der Waals surface area contributed by atoms with Gasteiger partial charge in [0.05, 0.1) is 10.6 Å². The third-order valence-corrected chi connectivity index (χ3v) is 8.51. The molecule has 0 fully saturated rings. The summed E-state index contributed by atoms with van der Waals surface area (Å²) in [5, 5.41) is 2.85. The van der Waals surface area contributed by atoms with Crippen molar-refractivity contribution in [3.63, 3.8) is 0 Å². The molecule has 0 unspecified atom stereocenters. The average Bonchev–Trinajstić information content (AvgIpc) is 2.91. The highest BCUT2D eigenvalue weighted by Crippen LogP contribution is 2.26. The van der Waals surface area contributed by atoms with E-state index in [2.05, 4.69) is 21.2 Å². The van der Waals surface area contributed by atoms with E-state index >= 15 is 0 Å². The second-order valence-corrected chi connectivity index (χ2v) is 11.7. The number of halogens is 2. The van der Waals surface area contributed by atoms with Gasteiger partial charge in [-0.2, -0.15) is 0 Å². The van der Waals surface area contributed by atoms with E-state index in [0.717, 1.165) is 8.78 Å². The minimum atomic E-state index is -4.15. The molecule has 3 aromatic carbocycles. The fraction of sp³-hybridized carbons (Fsp3) is 0.286. The number of carbonyl (C=O) groups excluding carboxylic acids is 2. The number of carbonyl (C=O) groups is 2. The quantitative estimate of drug-likeness (QED) is 0.330. The summed E-state index contributed by atoms with van der Waals surface area (Å²) in [4.78, 5) is 28.0. The molecule has 202 valence electrons. The average molecular weight is 605 g/mol. The molecule has 2 amide bonds. The molecule has 7 nitrogen and oxygen atoms in total. The van der Waals surface area contributed by atoms with Crippen molar-refractivity contribution in [3.8, 4) is 0 Å². The molecule has 0 bridgehead atoms. The molecule has 3 rings (SSSR count). The van der Waals surface area contributed by atoms with Crippen molar-refractivity contribution in [2.24, 2.45) is 0 Å². The lowest BCUT2D eigenvalue weighted by Gasteiger charge is -2.32. The first-order chi connectivity index (χ1) is 18.0. The SMILES string of the molecule is CC[C@H](C)NC(=O)[C@@H](C)N(Cc1ccccc1F)C(=O)CN(c1ccc(Br)cc1)S(=O)(=O)c1ccccc1. The second kappa shape index (κ2) is 13.0. The number of nitrogens with zero attached hydrogens (tertiary/aromatic N) is 2. The van der Waals surface area contributed by atoms with E-state index in [1.54, 1.807) is 55.5 Å². The number of anilines is 1. The van der Waals surface area contributed by atoms with Crippen LogP contribution in [0.25, 0.3) is 0 Å². The van der Waals surface area contributed by atoms with Crippen molar-refractivity contribution >= 4 is 43.5 Å². The van der Waals surface area contributed by atoms with Crippen LogP contribution < -0.4 is 9.62 Å². The van der Waals surface area contributed by atoms with Crippen molar-refractivity contribution < 1.29 is 22.4 Å². The normalized spacial score (nSPS) is 12.9. The minimum Gasteiger partial charge on any atom is -0.352 e. The van der Waals surface area contributed by atoms with Crippen molar-refractivity contribution in [2.75, 3.05) is 10.8 Å². The number of sulfonamides is 1. The smallest absolute Gasteiger partial charge is 0.264 e. The topological polar surface area (TPSA) is 86.8 Å². The standard InChI is InChI=1S/C28H31BrFN3O4S/c1-4-20(2)31-28(35)21(3)32(18-22-10-8-9-13-26(22)30)27(34)19-33(24-16-14-23(29)15-17-24)38(36,37)25-11-6-5-7-12-25/h5-17,20-21H,4,18-19H2,1-3H3,(H,31,35)/t20-,21+/m0/s1. The van der Waals surface area contributed by atoms with Crippen LogP contribution in [0.3, 0.4) is 0 Å². The van der Waals surface area contributed by atoms with Gasteiger partial charge in [-0.15, -0.1) is 0 Å². The van der Waals surface area contributed by atoms with Crippen LogP contribution >= 0.6 is 15.9 Å². The van der Waals surface area contributed by atoms with Gasteiger partial charge in [0.1, 0.15) is 18.4 Å². The lowest BCUT2D eigenvalue weighted by atomic mass is 10.1. The summed E-state index contributed by atoms with van der Waals surface area (Å²) in [6.07, 6.45) is 0.687. The van der Waals surface area contributed by atoms with E-state index in [0.29, 0.717) is 6.42 Å². The second-order valence-electron chi connectivity index (χ2n) is 8.91. The first-order valence-electron chi connectivity index (χ1n) is 12.2. The number of benzene rings is 3. The van der Waals surface area contributed by atoms with Gasteiger partial charge in [-0.05, 0) is 62.7 Å². The fourth-order valence-corrected chi connectivity index (χ4v) is 5.41. The zero-order valence-corrected chi connectivity index (χ0v) is 23.9. The molecule has 0 aliphatic carbocycles. The molecule has 0 spiro atoms. The molecule has 0 heterocycles. The number of rotatable bonds is 11. The molecular formula is C28H31BrFN3O4S. The fourth-order valence-electron chi connectivity index (χ4n) is 3.71. The molecule has 0 radical (unpaired) electrons. The van der Waals surface area contributed by atoms with Gasteiger partial charge in [-0.3, -0.25) is 13.9 Å². The Morgan fingerprint density at radius 2 is 1.55 bits per heavy atom. The van der Waals surface area contributed by atoms with Crippen LogP contribution in [0.15, 0.2) is 88.2 Å². The molecular weight excluding hydrogens is 573 g/mol. The van der Waals surface area contributed by atoms with E-state index in [1.807, 2.05) is 13.8 Å². The maximum absolute atomic E-state index is 14.6. The van der Waals surface area contributed by atoms with Crippen LogP contribution in [0.5, 0.6) is 0 Å². The summed E-state index contributed by atoms with van der Waals surface area (Å²) in [5.41, 5.74) is 0.484. The molecule has 10 heteroatoms. The van der Waals surface area contributed by atoms with Crippen LogP contribution in [-0.2, 0) is 26.2 Å². The van der Waals surface area contributed by atoms with Crippen LogP contribution in [0.2, 0.25) is 0 Å². The van der Waals surface area contributed by atoms with Crippen molar-refractivity contribution in [1.82, 2.24) is 10.2 Å². The van der Waals surface area contributed by atoms with Crippen LogP contribution in [-0.4, -0.2) is 43.8 Å². The van der Waals surface area contributed by atoms with Gasteiger partial charge < -0.3 is 10.2 Å². The van der Waals surface area contributed by atoms with E-state index in [-0.39, 0.29) is 28.7 Å². The molecule has 3 aromatic rings. The summed E-state index contributed by atoms with van der Waals surface area (Å²) >= 11 is 3.35. The van der Waals surface area contributed by atoms with Crippen molar-refractivity contribution in [2.45, 2.75) is 50.7 Å². The summed E-state index contributed by atoms with van der Waals surface area (Å²) < 4.78 is 43.7. The Balaban J connectivity index is 2.02. The third-order valence-electron chi connectivity index (χ3n) is 6.19. The van der Waals surface area contributed by atoms with E-state index < -0.39 is 40.2 Å². The van der Waals surface area contributed by atoms with E-state index in [9.17, 15) is 22.4 Å². The molecule has 1 N–H and O–H groups in total. The van der Waals surface area contributed by atoms with Gasteiger partial charge >= 0.3 is 0 Å². The predicted molar refractivity (Wildman–Crippen MR) is 149 cm³/mol. The minimum absolute atomic E-state index is 0.0129. The predicted octanol–water partition coefficient (Wildman–Crippen LogP) is 5.12. The first kappa shape index (κ1) is 29.3. The number of amides is 2. The lowest BCUT2D eigenvalue weighted by molar-refractivity contribution is -0.139. The number of nitrogens with one attached hydrogen (secondary N) is 1. The Kier molecular flexibility index (Phi) is 10.0. The van der Waals surface area contributed by atoms with Gasteiger partial charge in [0.15, 0.2) is 0 Å². The Labute approximate surface area is 231 Å². The molecule has 2 atom stereocenters. The molecule has 0 aliphatic rings. The van der Waals surface area contributed by atoms with Crippen molar-refractivity contribution in [1.29, 1.82) is 0 Å². The molecule has 0 saturated heterocycles. The molecule has 0 saturated carbocycles. The Bertz CT molecular complexity index is 1350. The number of hydrogen-bond acceptors (Lipinski definition) is 4. The zero-order valence-electron chi connectivity index (χ0n) is 21.5. The summed E-state index contributed by atoms with van der Waals surface area (Å²) in [6.45, 7) is 4.51. The zero-order chi connectivity index (χ0) is 27.9. The highest BCUT2D eigenvalue weighted by molar-refractivity contribution is 9.10. The van der Waals surface area contributed by atoms with Crippen LogP contribution in [0.1, 0.15) is 32.8 Å². The van der Waals surface area contributed by atoms with Gasteiger partial charge in [0.25, 0.3) is 10.0 Å². The highest BCUT2D eigenvalue weighted by Gasteiger charge is 2.33. The summed E-state index contributed by atoms with van der Waals surface area (Å²) in [5.74, 6) is -1.59. The largest absolute Gasteiger partial charge is 0.352 e. The Morgan fingerprint density at radius 1 is 0.947 bits per heavy atom. The lowest BCUT2D eigenvalue weighted by Crippen LogP contribution is -2.52. The molecule has 0 aliphatic heterocycles. The first-order valence-corrected chi connectivity index (χ1v) is 14.4. The van der Waals surface area contributed by atoms with Crippen molar-refractivity contribution in [3.05, 3.63) is 94.7 Å². The number of hydrogen-bond donors (Lipinski definition) is 1. The third kappa shape index (κ3) is 7.20. The molecule has 0 aromatic heterocycles. The van der Waals surface area contributed by atoms with Gasteiger partial charge in [-0.25, -0.2) is 12.8 Å². The highest BCUT2D eigenvalue weighted by atomic mass is 79.9. The monoisotopic (exact) mass is 603 g/mol. The molecule has 38 heavy (non-hydrogen) atoms. The maximum atomic E-state index is 14.6. The van der Waals surface area contributed by atoms with E-state index in [1.165, 1.54) is 35.2 Å². The maximum Gasteiger partial charge on any atom is 0.264 e. The van der Waals surface area contributed by atoms with Gasteiger partial charge in [0, 0.05) is 22.6 Å². The van der Waals surface area contributed by atoms with Gasteiger partial charge in [0.2, 0.25) is 11.8 Å². The Hall–Kier alpha value is -3.24.